The van der Waals surface area contributed by atoms with Gasteiger partial charge in [-0.3, -0.25) is 14.5 Å². The van der Waals surface area contributed by atoms with Gasteiger partial charge in [-0.2, -0.15) is 13.2 Å². The highest BCUT2D eigenvalue weighted by Crippen LogP contribution is 2.43. The number of hydrogen-bond acceptors (Lipinski definition) is 3. The number of thioether (sulfide) groups is 1. The molecule has 1 saturated heterocycles. The minimum absolute atomic E-state index is 0.160. The summed E-state index contributed by atoms with van der Waals surface area (Å²) in [6.45, 7) is 3.47. The van der Waals surface area contributed by atoms with Gasteiger partial charge in [0.1, 0.15) is 5.37 Å². The average Bonchev–Trinajstić information content (AvgIpc) is 3.09. The third-order valence-electron chi connectivity index (χ3n) is 4.72. The number of amides is 2. The molecule has 30 heavy (non-hydrogen) atoms. The molecule has 1 aliphatic rings. The maximum atomic E-state index is 12.8. The van der Waals surface area contributed by atoms with Crippen LogP contribution in [-0.4, -0.2) is 23.4 Å². The van der Waals surface area contributed by atoms with E-state index in [2.05, 4.69) is 5.32 Å². The van der Waals surface area contributed by atoms with Crippen LogP contribution in [0.25, 0.3) is 0 Å². The van der Waals surface area contributed by atoms with Crippen LogP contribution >= 0.6 is 23.4 Å². The second kappa shape index (κ2) is 8.51. The molecule has 0 aromatic heterocycles. The van der Waals surface area contributed by atoms with Crippen LogP contribution in [0.1, 0.15) is 30.3 Å². The van der Waals surface area contributed by atoms with E-state index in [9.17, 15) is 22.8 Å². The maximum Gasteiger partial charge on any atom is 0.416 e. The minimum Gasteiger partial charge on any atom is -0.326 e. The summed E-state index contributed by atoms with van der Waals surface area (Å²) in [6, 6.07) is 11.6. The van der Waals surface area contributed by atoms with E-state index < -0.39 is 22.5 Å². The van der Waals surface area contributed by atoms with E-state index >= 15 is 0 Å². The smallest absolute Gasteiger partial charge is 0.326 e. The Bertz CT molecular complexity index is 948. The molecule has 160 valence electrons. The minimum atomic E-state index is -4.44. The Morgan fingerprint density at radius 3 is 2.47 bits per heavy atom. The van der Waals surface area contributed by atoms with Crippen LogP contribution in [-0.2, 0) is 15.8 Å². The number of nitrogens with one attached hydrogen (secondary N) is 1. The van der Waals surface area contributed by atoms with E-state index in [1.807, 2.05) is 6.07 Å². The van der Waals surface area contributed by atoms with Crippen LogP contribution < -0.4 is 10.2 Å². The van der Waals surface area contributed by atoms with E-state index in [4.69, 9.17) is 11.6 Å². The highest BCUT2D eigenvalue weighted by atomic mass is 35.5. The molecule has 9 heteroatoms. The van der Waals surface area contributed by atoms with E-state index in [0.717, 1.165) is 17.7 Å². The molecule has 1 atom stereocenters. The molecule has 0 bridgehead atoms. The number of benzene rings is 2. The fourth-order valence-corrected chi connectivity index (χ4v) is 4.18. The lowest BCUT2D eigenvalue weighted by Gasteiger charge is -2.25. The van der Waals surface area contributed by atoms with Crippen molar-refractivity contribution in [3.8, 4) is 0 Å². The summed E-state index contributed by atoms with van der Waals surface area (Å²) in [5.41, 5.74) is 0.187. The third kappa shape index (κ3) is 4.75. The summed E-state index contributed by atoms with van der Waals surface area (Å²) in [5, 5.41) is 2.42. The van der Waals surface area contributed by atoms with Crippen LogP contribution in [0.5, 0.6) is 0 Å². The second-order valence-electron chi connectivity index (χ2n) is 7.57. The van der Waals surface area contributed by atoms with Crippen molar-refractivity contribution >= 4 is 46.6 Å². The molecule has 2 aromatic rings. The Labute approximate surface area is 181 Å². The molecule has 1 aliphatic heterocycles. The maximum absolute atomic E-state index is 12.8. The van der Waals surface area contributed by atoms with Gasteiger partial charge >= 0.3 is 6.18 Å². The quantitative estimate of drug-likeness (QED) is 0.588. The first-order chi connectivity index (χ1) is 14.0. The SMILES string of the molecule is CC(C)(CCl)C(=O)Nc1cccc([C@H]2SCC(=O)N2c2ccc(C(F)(F)F)cc2)c1. The van der Waals surface area contributed by atoms with Gasteiger partial charge in [-0.25, -0.2) is 0 Å². The topological polar surface area (TPSA) is 49.4 Å². The van der Waals surface area contributed by atoms with E-state index in [0.29, 0.717) is 11.4 Å². The predicted octanol–water partition coefficient (Wildman–Crippen LogP) is 5.69. The first-order valence-electron chi connectivity index (χ1n) is 9.11. The average molecular weight is 457 g/mol. The third-order valence-corrected chi connectivity index (χ3v) is 6.60. The van der Waals surface area contributed by atoms with Gasteiger partial charge in [0.15, 0.2) is 0 Å². The van der Waals surface area contributed by atoms with E-state index in [1.54, 1.807) is 32.0 Å². The molecule has 3 rings (SSSR count). The lowest BCUT2D eigenvalue weighted by Crippen LogP contribution is -2.32. The first kappa shape index (κ1) is 22.5. The van der Waals surface area contributed by atoms with Crippen molar-refractivity contribution in [2.45, 2.75) is 25.4 Å². The Balaban J connectivity index is 1.86. The molecule has 0 saturated carbocycles. The van der Waals surface area contributed by atoms with Crippen molar-refractivity contribution in [3.63, 3.8) is 0 Å². The zero-order chi connectivity index (χ0) is 22.1. The fourth-order valence-electron chi connectivity index (χ4n) is 2.89. The molecule has 0 spiro atoms. The summed E-state index contributed by atoms with van der Waals surface area (Å²) in [6.07, 6.45) is -4.44. The Hall–Kier alpha value is -2.19. The Morgan fingerprint density at radius 1 is 1.20 bits per heavy atom. The monoisotopic (exact) mass is 456 g/mol. The summed E-state index contributed by atoms with van der Waals surface area (Å²) < 4.78 is 38.5. The molecule has 0 radical (unpaired) electrons. The Morgan fingerprint density at radius 2 is 1.87 bits per heavy atom. The van der Waals surface area contributed by atoms with Crippen molar-refractivity contribution in [2.75, 3.05) is 21.8 Å². The summed E-state index contributed by atoms with van der Waals surface area (Å²) >= 11 is 7.23. The number of anilines is 2. The number of halogens is 4. The number of nitrogens with zero attached hydrogens (tertiary/aromatic N) is 1. The Kier molecular flexibility index (Phi) is 6.38. The van der Waals surface area contributed by atoms with Gasteiger partial charge in [0.05, 0.1) is 16.7 Å². The molecule has 2 amide bonds. The van der Waals surface area contributed by atoms with Crippen LogP contribution in [0.2, 0.25) is 0 Å². The first-order valence-corrected chi connectivity index (χ1v) is 10.7. The largest absolute Gasteiger partial charge is 0.416 e. The molecule has 1 heterocycles. The molecular weight excluding hydrogens is 437 g/mol. The van der Waals surface area contributed by atoms with Crippen LogP contribution in [0.3, 0.4) is 0 Å². The number of hydrogen-bond donors (Lipinski definition) is 1. The zero-order valence-corrected chi connectivity index (χ0v) is 17.9. The van der Waals surface area contributed by atoms with Crippen molar-refractivity contribution in [2.24, 2.45) is 5.41 Å². The lowest BCUT2D eigenvalue weighted by molar-refractivity contribution is -0.137. The molecule has 0 aliphatic carbocycles. The number of carbonyl (C=O) groups excluding carboxylic acids is 2. The van der Waals surface area contributed by atoms with E-state index in [1.165, 1.54) is 28.8 Å². The second-order valence-corrected chi connectivity index (χ2v) is 8.90. The predicted molar refractivity (Wildman–Crippen MR) is 114 cm³/mol. The highest BCUT2D eigenvalue weighted by molar-refractivity contribution is 8.00. The number of alkyl halides is 4. The van der Waals surface area contributed by atoms with E-state index in [-0.39, 0.29) is 23.4 Å². The van der Waals surface area contributed by atoms with Crippen molar-refractivity contribution < 1.29 is 22.8 Å². The summed E-state index contributed by atoms with van der Waals surface area (Å²) in [7, 11) is 0. The van der Waals surface area contributed by atoms with Crippen molar-refractivity contribution in [3.05, 3.63) is 59.7 Å². The number of carbonyl (C=O) groups is 2. The van der Waals surface area contributed by atoms with Gasteiger partial charge in [-0.05, 0) is 55.8 Å². The molecule has 4 nitrogen and oxygen atoms in total. The standard InChI is InChI=1S/C21H20ClF3N2O2S/c1-20(2,12-22)19(29)26-15-5-3-4-13(10-15)18-27(17(28)11-30-18)16-8-6-14(7-9-16)21(23,24)25/h3-10,18H,11-12H2,1-2H3,(H,26,29)/t18-/m1/s1. The van der Waals surface area contributed by atoms with Gasteiger partial charge in [-0.1, -0.05) is 12.1 Å². The van der Waals surface area contributed by atoms with Crippen LogP contribution in [0.4, 0.5) is 24.5 Å². The molecule has 2 aromatic carbocycles. The number of rotatable bonds is 5. The van der Waals surface area contributed by atoms with Gasteiger partial charge in [-0.15, -0.1) is 23.4 Å². The van der Waals surface area contributed by atoms with Gasteiger partial charge in [0, 0.05) is 17.3 Å². The summed E-state index contributed by atoms with van der Waals surface area (Å²) in [5.74, 6) is -0.0544. The van der Waals surface area contributed by atoms with Gasteiger partial charge in [0.25, 0.3) is 0 Å². The molecular formula is C21H20ClF3N2O2S. The lowest BCUT2D eigenvalue weighted by atomic mass is 9.95. The summed E-state index contributed by atoms with van der Waals surface area (Å²) in [4.78, 5) is 26.3. The molecule has 1 fully saturated rings. The van der Waals surface area contributed by atoms with Crippen LogP contribution in [0.15, 0.2) is 48.5 Å². The molecule has 1 N–H and O–H groups in total. The van der Waals surface area contributed by atoms with Crippen molar-refractivity contribution in [1.29, 1.82) is 0 Å². The van der Waals surface area contributed by atoms with Gasteiger partial charge < -0.3 is 5.32 Å². The normalized spacial score (nSPS) is 17.3. The van der Waals surface area contributed by atoms with Crippen molar-refractivity contribution in [1.82, 2.24) is 0 Å². The molecule has 0 unspecified atom stereocenters. The zero-order valence-electron chi connectivity index (χ0n) is 16.3. The van der Waals surface area contributed by atoms with Crippen LogP contribution in [0, 0.1) is 5.41 Å². The van der Waals surface area contributed by atoms with Gasteiger partial charge in [0.2, 0.25) is 11.8 Å². The fraction of sp³-hybridized carbons (Fsp3) is 0.333. The highest BCUT2D eigenvalue weighted by Gasteiger charge is 2.36.